The maximum atomic E-state index is 9.81. The number of nitrogens with one attached hydrogen (secondary N) is 1. The van der Waals surface area contributed by atoms with Gasteiger partial charge in [-0.25, -0.2) is 4.98 Å². The maximum Gasteiger partial charge on any atom is 0.138 e. The number of rotatable bonds is 8. The van der Waals surface area contributed by atoms with Gasteiger partial charge in [0.25, 0.3) is 0 Å². The molecule has 0 spiro atoms. The minimum atomic E-state index is -0.575. The van der Waals surface area contributed by atoms with E-state index in [4.69, 9.17) is 16.3 Å². The number of hydrogen-bond donors (Lipinski definition) is 2. The maximum absolute atomic E-state index is 9.81. The Bertz CT molecular complexity index is 505. The van der Waals surface area contributed by atoms with Crippen LogP contribution in [0.1, 0.15) is 0 Å². The normalized spacial score (nSPS) is 12.3. The zero-order valence-electron chi connectivity index (χ0n) is 11.1. The van der Waals surface area contributed by atoms with Crippen molar-refractivity contribution in [3.63, 3.8) is 0 Å². The molecule has 0 amide bonds. The summed E-state index contributed by atoms with van der Waals surface area (Å²) in [5, 5.41) is 13.5. The van der Waals surface area contributed by atoms with Crippen molar-refractivity contribution in [2.45, 2.75) is 12.6 Å². The van der Waals surface area contributed by atoms with Crippen LogP contribution >= 0.6 is 11.6 Å². The third-order valence-corrected chi connectivity index (χ3v) is 3.07. The van der Waals surface area contributed by atoms with Crippen LogP contribution in [0.25, 0.3) is 0 Å². The van der Waals surface area contributed by atoms with Crippen LogP contribution in [0.2, 0.25) is 5.02 Å². The number of para-hydroxylation sites is 1. The van der Waals surface area contributed by atoms with Crippen LogP contribution < -0.4 is 10.1 Å². The Hall–Kier alpha value is -1.56. The number of hydrogen-bond acceptors (Lipinski definition) is 4. The molecule has 20 heavy (non-hydrogen) atoms. The van der Waals surface area contributed by atoms with E-state index >= 15 is 0 Å². The van der Waals surface area contributed by atoms with Gasteiger partial charge in [-0.2, -0.15) is 0 Å². The molecule has 2 rings (SSSR count). The van der Waals surface area contributed by atoms with Gasteiger partial charge in [-0.3, -0.25) is 0 Å². The largest absolute Gasteiger partial charge is 0.489 e. The molecule has 108 valence electrons. The Morgan fingerprint density at radius 1 is 1.40 bits per heavy atom. The lowest BCUT2D eigenvalue weighted by Crippen LogP contribution is -2.33. The second kappa shape index (κ2) is 7.89. The molecule has 1 atom stereocenters. The topological polar surface area (TPSA) is 59.3 Å². The molecule has 1 heterocycles. The highest BCUT2D eigenvalue weighted by molar-refractivity contribution is 6.32. The summed E-state index contributed by atoms with van der Waals surface area (Å²) in [6.07, 6.45) is 4.83. The van der Waals surface area contributed by atoms with Gasteiger partial charge in [0.15, 0.2) is 0 Å². The zero-order valence-corrected chi connectivity index (χ0v) is 11.8. The first kappa shape index (κ1) is 14.8. The van der Waals surface area contributed by atoms with Crippen LogP contribution in [0.4, 0.5) is 0 Å². The third-order valence-electron chi connectivity index (χ3n) is 2.75. The van der Waals surface area contributed by atoms with Crippen molar-refractivity contribution in [1.82, 2.24) is 14.9 Å². The van der Waals surface area contributed by atoms with Gasteiger partial charge >= 0.3 is 0 Å². The smallest absolute Gasteiger partial charge is 0.138 e. The van der Waals surface area contributed by atoms with E-state index in [1.807, 2.05) is 22.9 Å². The van der Waals surface area contributed by atoms with Gasteiger partial charge in [-0.15, -0.1) is 0 Å². The minimum absolute atomic E-state index is 0.210. The lowest BCUT2D eigenvalue weighted by atomic mass is 10.3. The minimum Gasteiger partial charge on any atom is -0.489 e. The van der Waals surface area contributed by atoms with Crippen LogP contribution in [0, 0.1) is 0 Å². The number of aromatic nitrogens is 2. The molecule has 0 bridgehead atoms. The summed E-state index contributed by atoms with van der Waals surface area (Å²) < 4.78 is 7.44. The van der Waals surface area contributed by atoms with Crippen molar-refractivity contribution >= 4 is 11.6 Å². The molecule has 0 aliphatic heterocycles. The summed E-state index contributed by atoms with van der Waals surface area (Å²) >= 11 is 5.96. The molecule has 0 aliphatic rings. The van der Waals surface area contributed by atoms with Gasteiger partial charge in [0.05, 0.1) is 11.3 Å². The molecule has 0 saturated heterocycles. The van der Waals surface area contributed by atoms with Crippen LogP contribution in [-0.2, 0) is 6.54 Å². The quantitative estimate of drug-likeness (QED) is 0.726. The van der Waals surface area contributed by atoms with Crippen molar-refractivity contribution < 1.29 is 9.84 Å². The fourth-order valence-electron chi connectivity index (χ4n) is 1.70. The molecule has 0 saturated carbocycles. The number of imidazole rings is 1. The van der Waals surface area contributed by atoms with E-state index in [2.05, 4.69) is 10.3 Å². The molecular weight excluding hydrogens is 278 g/mol. The first-order valence-corrected chi connectivity index (χ1v) is 6.85. The molecule has 1 aromatic heterocycles. The van der Waals surface area contributed by atoms with Gasteiger partial charge in [-0.05, 0) is 12.1 Å². The van der Waals surface area contributed by atoms with Gasteiger partial charge in [0.1, 0.15) is 18.5 Å². The number of aliphatic hydroxyl groups excluding tert-OH is 1. The van der Waals surface area contributed by atoms with E-state index in [0.29, 0.717) is 17.3 Å². The number of aliphatic hydroxyl groups is 1. The summed E-state index contributed by atoms with van der Waals surface area (Å²) in [5.74, 6) is 0.589. The monoisotopic (exact) mass is 295 g/mol. The molecule has 5 nitrogen and oxygen atoms in total. The Balaban J connectivity index is 1.61. The molecule has 2 aromatic rings. The Morgan fingerprint density at radius 3 is 3.00 bits per heavy atom. The molecule has 0 fully saturated rings. The second-order valence-electron chi connectivity index (χ2n) is 4.40. The van der Waals surface area contributed by atoms with E-state index < -0.39 is 6.10 Å². The highest BCUT2D eigenvalue weighted by Gasteiger charge is 2.06. The fourth-order valence-corrected chi connectivity index (χ4v) is 1.89. The van der Waals surface area contributed by atoms with E-state index in [9.17, 15) is 5.11 Å². The van der Waals surface area contributed by atoms with E-state index in [1.165, 1.54) is 0 Å². The highest BCUT2D eigenvalue weighted by Crippen LogP contribution is 2.22. The highest BCUT2D eigenvalue weighted by atomic mass is 35.5. The Labute approximate surface area is 123 Å². The summed E-state index contributed by atoms with van der Waals surface area (Å²) in [4.78, 5) is 3.96. The van der Waals surface area contributed by atoms with E-state index in [-0.39, 0.29) is 6.61 Å². The summed E-state index contributed by atoms with van der Waals surface area (Å²) in [6, 6.07) is 7.22. The summed E-state index contributed by atoms with van der Waals surface area (Å²) in [6.45, 7) is 2.26. The Kier molecular flexibility index (Phi) is 5.86. The molecule has 0 radical (unpaired) electrons. The van der Waals surface area contributed by atoms with Gasteiger partial charge in [0, 0.05) is 32.0 Å². The number of ether oxygens (including phenoxy) is 1. The molecule has 6 heteroatoms. The number of nitrogens with zero attached hydrogens (tertiary/aromatic N) is 2. The average molecular weight is 296 g/mol. The van der Waals surface area contributed by atoms with Crippen LogP contribution in [0.15, 0.2) is 43.0 Å². The van der Waals surface area contributed by atoms with Crippen molar-refractivity contribution in [2.24, 2.45) is 0 Å². The molecular formula is C14H18ClN3O2. The second-order valence-corrected chi connectivity index (χ2v) is 4.81. The molecule has 2 N–H and O–H groups in total. The van der Waals surface area contributed by atoms with Gasteiger partial charge in [0.2, 0.25) is 0 Å². The van der Waals surface area contributed by atoms with Gasteiger partial charge in [-0.1, -0.05) is 23.7 Å². The van der Waals surface area contributed by atoms with Crippen LogP contribution in [0.5, 0.6) is 5.75 Å². The first-order valence-electron chi connectivity index (χ1n) is 6.47. The average Bonchev–Trinajstić information content (AvgIpc) is 2.96. The first-order chi connectivity index (χ1) is 9.75. The predicted molar refractivity (Wildman–Crippen MR) is 78.1 cm³/mol. The third kappa shape index (κ3) is 4.85. The van der Waals surface area contributed by atoms with Crippen molar-refractivity contribution in [2.75, 3.05) is 19.7 Å². The van der Waals surface area contributed by atoms with E-state index in [0.717, 1.165) is 13.1 Å². The predicted octanol–water partition coefficient (Wildman–Crippen LogP) is 1.57. The number of benzene rings is 1. The zero-order chi connectivity index (χ0) is 14.2. The van der Waals surface area contributed by atoms with Crippen LogP contribution in [0.3, 0.4) is 0 Å². The standard InChI is InChI=1S/C14H18ClN3O2/c15-13-3-1-2-4-14(13)20-10-12(19)9-16-5-7-18-8-6-17-11-18/h1-4,6,8,11-12,16,19H,5,7,9-10H2. The Morgan fingerprint density at radius 2 is 2.25 bits per heavy atom. The molecule has 0 aliphatic carbocycles. The van der Waals surface area contributed by atoms with Gasteiger partial charge < -0.3 is 19.7 Å². The van der Waals surface area contributed by atoms with E-state index in [1.54, 1.807) is 24.7 Å². The van der Waals surface area contributed by atoms with Crippen molar-refractivity contribution in [3.05, 3.63) is 48.0 Å². The van der Waals surface area contributed by atoms with Crippen molar-refractivity contribution in [1.29, 1.82) is 0 Å². The lowest BCUT2D eigenvalue weighted by molar-refractivity contribution is 0.106. The van der Waals surface area contributed by atoms with Crippen LogP contribution in [-0.4, -0.2) is 40.5 Å². The lowest BCUT2D eigenvalue weighted by Gasteiger charge is -2.14. The fraction of sp³-hybridized carbons (Fsp3) is 0.357. The molecule has 1 aromatic carbocycles. The number of halogens is 1. The molecule has 1 unspecified atom stereocenters. The summed E-state index contributed by atoms with van der Waals surface area (Å²) in [5.41, 5.74) is 0. The summed E-state index contributed by atoms with van der Waals surface area (Å²) in [7, 11) is 0. The SMILES string of the molecule is OC(CNCCn1ccnc1)COc1ccccc1Cl. The van der Waals surface area contributed by atoms with Crippen molar-refractivity contribution in [3.8, 4) is 5.75 Å².